The first kappa shape index (κ1) is 16.5. The lowest BCUT2D eigenvalue weighted by molar-refractivity contribution is -0.113. The van der Waals surface area contributed by atoms with E-state index in [1.54, 1.807) is 0 Å². The van der Waals surface area contributed by atoms with E-state index >= 15 is 0 Å². The third-order valence-electron chi connectivity index (χ3n) is 2.87. The number of para-hydroxylation sites is 2. The van der Waals surface area contributed by atoms with Crippen LogP contribution in [0.25, 0.3) is 11.1 Å². The van der Waals surface area contributed by atoms with Gasteiger partial charge in [0.1, 0.15) is 5.52 Å². The van der Waals surface area contributed by atoms with E-state index in [2.05, 4.69) is 10.3 Å². The minimum absolute atomic E-state index is 0.113. The Morgan fingerprint density at radius 3 is 2.57 bits per heavy atom. The van der Waals surface area contributed by atoms with Crippen LogP contribution in [0.1, 0.15) is 0 Å². The molecule has 0 atom stereocenters. The predicted molar refractivity (Wildman–Crippen MR) is 94.8 cm³/mol. The second-order valence-corrected chi connectivity index (χ2v) is 6.71. The maximum Gasteiger partial charge on any atom is 0.257 e. The molecule has 118 valence electrons. The van der Waals surface area contributed by atoms with Gasteiger partial charge in [-0.3, -0.25) is 4.79 Å². The Bertz CT molecular complexity index is 826. The molecule has 0 unspecified atom stereocenters. The van der Waals surface area contributed by atoms with Gasteiger partial charge in [0.15, 0.2) is 5.58 Å². The third-order valence-corrected chi connectivity index (χ3v) is 4.51. The summed E-state index contributed by atoms with van der Waals surface area (Å²) in [6, 6.07) is 10.4. The molecule has 0 aliphatic carbocycles. The highest BCUT2D eigenvalue weighted by Crippen LogP contribution is 2.34. The molecule has 0 fully saturated rings. The van der Waals surface area contributed by atoms with Crippen LogP contribution in [0.5, 0.6) is 0 Å². The van der Waals surface area contributed by atoms with Crippen LogP contribution in [0.3, 0.4) is 0 Å². The smallest absolute Gasteiger partial charge is 0.257 e. The van der Waals surface area contributed by atoms with Crippen LogP contribution in [0.15, 0.2) is 46.0 Å². The average molecular weight is 388 g/mol. The molecule has 0 bridgehead atoms. The van der Waals surface area contributed by atoms with Gasteiger partial charge in [0.05, 0.1) is 21.5 Å². The quantitative estimate of drug-likeness (QED) is 0.599. The van der Waals surface area contributed by atoms with Gasteiger partial charge in [-0.2, -0.15) is 0 Å². The molecule has 0 saturated heterocycles. The molecular weight excluding hydrogens is 379 g/mol. The minimum atomic E-state index is -0.275. The molecule has 1 aromatic heterocycles. The van der Waals surface area contributed by atoms with Crippen molar-refractivity contribution in [2.24, 2.45) is 0 Å². The molecule has 23 heavy (non-hydrogen) atoms. The monoisotopic (exact) mass is 386 g/mol. The van der Waals surface area contributed by atoms with Gasteiger partial charge < -0.3 is 9.73 Å². The second-order valence-electron chi connectivity index (χ2n) is 4.53. The maximum absolute atomic E-state index is 12.0. The summed E-state index contributed by atoms with van der Waals surface area (Å²) in [7, 11) is 0. The third kappa shape index (κ3) is 3.93. The molecule has 0 aliphatic heterocycles. The number of aromatic nitrogens is 1. The fourth-order valence-electron chi connectivity index (χ4n) is 1.88. The maximum atomic E-state index is 12.0. The number of fused-ring (bicyclic) bond motifs is 1. The van der Waals surface area contributed by atoms with Gasteiger partial charge in [-0.25, -0.2) is 4.98 Å². The van der Waals surface area contributed by atoms with Crippen molar-refractivity contribution in [1.82, 2.24) is 4.98 Å². The van der Waals surface area contributed by atoms with Gasteiger partial charge >= 0.3 is 0 Å². The summed E-state index contributed by atoms with van der Waals surface area (Å²) < 4.78 is 5.53. The molecule has 0 spiro atoms. The predicted octanol–water partition coefficient (Wildman–Crippen LogP) is 5.52. The number of carbonyl (C=O) groups is 1. The molecular formula is C15H9Cl3N2O2S. The highest BCUT2D eigenvalue weighted by atomic mass is 35.5. The van der Waals surface area contributed by atoms with Crippen LogP contribution in [0, 0.1) is 0 Å². The van der Waals surface area contributed by atoms with Gasteiger partial charge in [-0.15, -0.1) is 0 Å². The van der Waals surface area contributed by atoms with Crippen molar-refractivity contribution in [3.63, 3.8) is 0 Å². The van der Waals surface area contributed by atoms with E-state index < -0.39 is 0 Å². The number of amides is 1. The molecule has 0 aliphatic rings. The van der Waals surface area contributed by atoms with Gasteiger partial charge in [-0.05, 0) is 24.3 Å². The van der Waals surface area contributed by atoms with Crippen LogP contribution in [0.4, 0.5) is 5.69 Å². The van der Waals surface area contributed by atoms with Gasteiger partial charge in [-0.1, -0.05) is 58.7 Å². The molecule has 0 radical (unpaired) electrons. The Morgan fingerprint density at radius 2 is 1.87 bits per heavy atom. The Balaban J connectivity index is 1.66. The van der Waals surface area contributed by atoms with Crippen molar-refractivity contribution in [3.05, 3.63) is 51.5 Å². The number of thioether (sulfide) groups is 1. The van der Waals surface area contributed by atoms with Crippen LogP contribution in [-0.2, 0) is 4.79 Å². The molecule has 1 amide bonds. The summed E-state index contributed by atoms with van der Waals surface area (Å²) in [5, 5.41) is 4.05. The van der Waals surface area contributed by atoms with Crippen molar-refractivity contribution < 1.29 is 9.21 Å². The number of oxazole rings is 1. The first-order chi connectivity index (χ1) is 11.0. The van der Waals surface area contributed by atoms with E-state index in [1.165, 1.54) is 23.9 Å². The van der Waals surface area contributed by atoms with E-state index in [0.717, 1.165) is 5.52 Å². The zero-order valence-corrected chi connectivity index (χ0v) is 14.6. The lowest BCUT2D eigenvalue weighted by atomic mass is 10.3. The Kier molecular flexibility index (Phi) is 5.02. The van der Waals surface area contributed by atoms with Crippen molar-refractivity contribution in [1.29, 1.82) is 0 Å². The van der Waals surface area contributed by atoms with Crippen LogP contribution < -0.4 is 5.32 Å². The van der Waals surface area contributed by atoms with Crippen molar-refractivity contribution >= 4 is 69.3 Å². The number of hydrogen-bond acceptors (Lipinski definition) is 4. The Morgan fingerprint density at radius 1 is 1.17 bits per heavy atom. The fraction of sp³-hybridized carbons (Fsp3) is 0.0667. The number of anilines is 1. The summed E-state index contributed by atoms with van der Waals surface area (Å²) in [4.78, 5) is 16.3. The number of carbonyl (C=O) groups excluding carboxylic acids is 1. The van der Waals surface area contributed by atoms with E-state index in [-0.39, 0.29) is 21.7 Å². The standard InChI is InChI=1S/C15H9Cl3N2O2S/c16-8-5-9(17)14(10(18)6-8)20-13(21)7-23-15-19-11-3-1-2-4-12(11)22-15/h1-6H,7H2,(H,20,21). The summed E-state index contributed by atoms with van der Waals surface area (Å²) in [5.74, 6) is -0.161. The highest BCUT2D eigenvalue weighted by Gasteiger charge is 2.13. The number of nitrogens with zero attached hydrogens (tertiary/aromatic N) is 1. The lowest BCUT2D eigenvalue weighted by Crippen LogP contribution is -2.14. The Labute approximate surface area is 151 Å². The van der Waals surface area contributed by atoms with Gasteiger partial charge in [0.2, 0.25) is 5.91 Å². The SMILES string of the molecule is O=C(CSc1nc2ccccc2o1)Nc1c(Cl)cc(Cl)cc1Cl. The summed E-state index contributed by atoms with van der Waals surface area (Å²) >= 11 is 19.1. The molecule has 3 aromatic rings. The van der Waals surface area contributed by atoms with E-state index in [1.807, 2.05) is 24.3 Å². The van der Waals surface area contributed by atoms with Gasteiger partial charge in [0, 0.05) is 5.02 Å². The molecule has 1 heterocycles. The Hall–Kier alpha value is -1.40. The number of halogens is 3. The highest BCUT2D eigenvalue weighted by molar-refractivity contribution is 7.99. The minimum Gasteiger partial charge on any atom is -0.431 e. The number of rotatable bonds is 4. The number of nitrogens with one attached hydrogen (secondary N) is 1. The first-order valence-corrected chi connectivity index (χ1v) is 8.57. The molecule has 1 N–H and O–H groups in total. The number of hydrogen-bond donors (Lipinski definition) is 1. The van der Waals surface area contributed by atoms with Crippen molar-refractivity contribution in [3.8, 4) is 0 Å². The molecule has 2 aromatic carbocycles. The molecule has 3 rings (SSSR count). The van der Waals surface area contributed by atoms with Crippen molar-refractivity contribution in [2.75, 3.05) is 11.1 Å². The lowest BCUT2D eigenvalue weighted by Gasteiger charge is -2.09. The van der Waals surface area contributed by atoms with Crippen molar-refractivity contribution in [2.45, 2.75) is 5.22 Å². The van der Waals surface area contributed by atoms with Crippen LogP contribution in [0.2, 0.25) is 15.1 Å². The van der Waals surface area contributed by atoms with Gasteiger partial charge in [0.25, 0.3) is 5.22 Å². The summed E-state index contributed by atoms with van der Waals surface area (Å²) in [6.45, 7) is 0. The normalized spacial score (nSPS) is 10.9. The summed E-state index contributed by atoms with van der Waals surface area (Å²) in [5.41, 5.74) is 1.76. The van der Waals surface area contributed by atoms with E-state index in [4.69, 9.17) is 39.2 Å². The van der Waals surface area contributed by atoms with E-state index in [9.17, 15) is 4.79 Å². The largest absolute Gasteiger partial charge is 0.431 e. The van der Waals surface area contributed by atoms with Crippen LogP contribution in [-0.4, -0.2) is 16.6 Å². The molecule has 0 saturated carbocycles. The fourth-order valence-corrected chi connectivity index (χ4v) is 3.43. The zero-order chi connectivity index (χ0) is 16.4. The molecule has 8 heteroatoms. The molecule has 4 nitrogen and oxygen atoms in total. The summed E-state index contributed by atoms with van der Waals surface area (Å²) in [6.07, 6.45) is 0. The first-order valence-electron chi connectivity index (χ1n) is 6.45. The number of benzene rings is 2. The second kappa shape index (κ2) is 7.01. The average Bonchev–Trinajstić information content (AvgIpc) is 2.91. The van der Waals surface area contributed by atoms with E-state index in [0.29, 0.717) is 21.5 Å². The zero-order valence-electron chi connectivity index (χ0n) is 11.5. The topological polar surface area (TPSA) is 55.1 Å². The van der Waals surface area contributed by atoms with Crippen LogP contribution >= 0.6 is 46.6 Å².